The molecule has 2 aromatic rings. The molecule has 116 valence electrons. The molecule has 0 bridgehead atoms. The third-order valence-corrected chi connectivity index (χ3v) is 5.02. The van der Waals surface area contributed by atoms with Crippen molar-refractivity contribution in [3.8, 4) is 11.4 Å². The average Bonchev–Trinajstić information content (AvgIpc) is 3.19. The molecule has 6 heteroatoms. The molecule has 0 saturated heterocycles. The molecule has 0 spiro atoms. The summed E-state index contributed by atoms with van der Waals surface area (Å²) >= 11 is 0. The number of fused-ring (bicyclic) bond motifs is 1. The minimum Gasteiger partial charge on any atom is -0.361 e. The van der Waals surface area contributed by atoms with Crippen LogP contribution < -0.4 is 0 Å². The molecule has 1 saturated carbocycles. The number of hydrogen-bond donors (Lipinski definition) is 1. The first kappa shape index (κ1) is 13.5. The second kappa shape index (κ2) is 4.97. The molecule has 4 rings (SSSR count). The number of aromatic amines is 1. The van der Waals surface area contributed by atoms with Crippen molar-refractivity contribution in [1.29, 1.82) is 0 Å². The second-order valence-electron chi connectivity index (χ2n) is 6.44. The van der Waals surface area contributed by atoms with E-state index < -0.39 is 0 Å². The third kappa shape index (κ3) is 1.90. The van der Waals surface area contributed by atoms with Gasteiger partial charge >= 0.3 is 0 Å². The molecule has 1 aliphatic carbocycles. The molecule has 1 N–H and O–H groups in total. The maximum absolute atomic E-state index is 12.5. The molecular formula is C16H20N4O2. The predicted molar refractivity (Wildman–Crippen MR) is 80.2 cm³/mol. The monoisotopic (exact) mass is 300 g/mol. The molecule has 0 radical (unpaired) electrons. The third-order valence-electron chi connectivity index (χ3n) is 5.02. The number of aromatic nitrogens is 3. The van der Waals surface area contributed by atoms with Gasteiger partial charge in [0.2, 0.25) is 0 Å². The Labute approximate surface area is 128 Å². The number of nitrogens with one attached hydrogen (secondary N) is 1. The summed E-state index contributed by atoms with van der Waals surface area (Å²) in [6.45, 7) is 1.86. The molecular weight excluding hydrogens is 280 g/mol. The van der Waals surface area contributed by atoms with Gasteiger partial charge < -0.3 is 9.42 Å². The first-order chi connectivity index (χ1) is 10.7. The van der Waals surface area contributed by atoms with Crippen LogP contribution in [0.4, 0.5) is 0 Å². The summed E-state index contributed by atoms with van der Waals surface area (Å²) in [6.07, 6.45) is 6.13. The van der Waals surface area contributed by atoms with E-state index in [0.717, 1.165) is 17.0 Å². The van der Waals surface area contributed by atoms with Crippen LogP contribution in [0.15, 0.2) is 10.6 Å². The fourth-order valence-corrected chi connectivity index (χ4v) is 3.97. The summed E-state index contributed by atoms with van der Waals surface area (Å²) in [5.74, 6) is 1.29. The van der Waals surface area contributed by atoms with E-state index in [1.54, 1.807) is 0 Å². The van der Waals surface area contributed by atoms with Crippen LogP contribution in [0.2, 0.25) is 0 Å². The summed E-state index contributed by atoms with van der Waals surface area (Å²) < 4.78 is 5.18. The lowest BCUT2D eigenvalue weighted by Gasteiger charge is -2.32. The molecule has 1 amide bonds. The van der Waals surface area contributed by atoms with Crippen LogP contribution in [-0.2, 0) is 0 Å². The van der Waals surface area contributed by atoms with E-state index in [1.807, 2.05) is 24.9 Å². The van der Waals surface area contributed by atoms with E-state index >= 15 is 0 Å². The Kier molecular flexibility index (Phi) is 3.06. The molecule has 2 aliphatic rings. The normalized spacial score (nSPS) is 22.4. The Morgan fingerprint density at radius 2 is 2.09 bits per heavy atom. The van der Waals surface area contributed by atoms with E-state index in [4.69, 9.17) is 4.52 Å². The van der Waals surface area contributed by atoms with Crippen molar-refractivity contribution in [1.82, 2.24) is 20.3 Å². The van der Waals surface area contributed by atoms with Crippen molar-refractivity contribution in [3.05, 3.63) is 23.1 Å². The largest absolute Gasteiger partial charge is 0.361 e. The summed E-state index contributed by atoms with van der Waals surface area (Å²) in [5, 5.41) is 11.4. The topological polar surface area (TPSA) is 75.0 Å². The van der Waals surface area contributed by atoms with Crippen molar-refractivity contribution >= 4 is 5.91 Å². The standard InChI is InChI=1S/C16H20N4O2/c1-9-8-11(19-22-9)13-12-14(18-17-13)16(21)20(2)15(12)10-6-4-3-5-7-10/h8,10,15H,3-7H2,1-2H3,(H,17,18). The second-order valence-corrected chi connectivity index (χ2v) is 6.44. The molecule has 3 heterocycles. The number of amides is 1. The number of hydrogen-bond acceptors (Lipinski definition) is 4. The molecule has 6 nitrogen and oxygen atoms in total. The fourth-order valence-electron chi connectivity index (χ4n) is 3.97. The van der Waals surface area contributed by atoms with E-state index in [0.29, 0.717) is 17.3 Å². The van der Waals surface area contributed by atoms with Crippen molar-refractivity contribution in [2.75, 3.05) is 7.05 Å². The highest BCUT2D eigenvalue weighted by Gasteiger charge is 2.43. The molecule has 1 atom stereocenters. The maximum Gasteiger partial charge on any atom is 0.272 e. The summed E-state index contributed by atoms with van der Waals surface area (Å²) in [6, 6.07) is 1.98. The molecule has 0 aromatic carbocycles. The lowest BCUT2D eigenvalue weighted by molar-refractivity contribution is 0.0696. The zero-order valence-electron chi connectivity index (χ0n) is 12.9. The summed E-state index contributed by atoms with van der Waals surface area (Å²) in [7, 11) is 1.90. The van der Waals surface area contributed by atoms with Crippen molar-refractivity contribution in [2.45, 2.75) is 45.1 Å². The molecule has 1 aliphatic heterocycles. The minimum absolute atomic E-state index is 0.0320. The van der Waals surface area contributed by atoms with Crippen LogP contribution in [0.1, 0.15) is 60.0 Å². The Morgan fingerprint density at radius 3 is 2.77 bits per heavy atom. The first-order valence-electron chi connectivity index (χ1n) is 7.96. The van der Waals surface area contributed by atoms with Gasteiger partial charge in [0, 0.05) is 18.7 Å². The first-order valence-corrected chi connectivity index (χ1v) is 7.96. The quantitative estimate of drug-likeness (QED) is 0.924. The lowest BCUT2D eigenvalue weighted by atomic mass is 9.81. The number of rotatable bonds is 2. The Hall–Kier alpha value is -2.11. The van der Waals surface area contributed by atoms with Gasteiger partial charge in [-0.3, -0.25) is 9.89 Å². The summed E-state index contributed by atoms with van der Waals surface area (Å²) in [4.78, 5) is 14.4. The van der Waals surface area contributed by atoms with Crippen LogP contribution in [0.25, 0.3) is 11.4 Å². The number of aryl methyl sites for hydroxylation is 1. The van der Waals surface area contributed by atoms with E-state index in [9.17, 15) is 4.79 Å². The van der Waals surface area contributed by atoms with Gasteiger partial charge in [0.25, 0.3) is 5.91 Å². The van der Waals surface area contributed by atoms with Crippen LogP contribution >= 0.6 is 0 Å². The number of carbonyl (C=O) groups excluding carboxylic acids is 1. The zero-order valence-corrected chi connectivity index (χ0v) is 12.9. The number of nitrogens with zero attached hydrogens (tertiary/aromatic N) is 3. The lowest BCUT2D eigenvalue weighted by Crippen LogP contribution is -2.30. The van der Waals surface area contributed by atoms with Gasteiger partial charge in [-0.25, -0.2) is 0 Å². The molecule has 22 heavy (non-hydrogen) atoms. The van der Waals surface area contributed by atoms with E-state index in [1.165, 1.54) is 32.1 Å². The van der Waals surface area contributed by atoms with Gasteiger partial charge in [-0.15, -0.1) is 0 Å². The predicted octanol–water partition coefficient (Wildman–Crippen LogP) is 3.08. The number of H-pyrrole nitrogens is 1. The van der Waals surface area contributed by atoms with Gasteiger partial charge in [-0.05, 0) is 25.7 Å². The van der Waals surface area contributed by atoms with Gasteiger partial charge in [0.1, 0.15) is 22.8 Å². The van der Waals surface area contributed by atoms with Crippen molar-refractivity contribution in [3.63, 3.8) is 0 Å². The fraction of sp³-hybridized carbons (Fsp3) is 0.562. The zero-order chi connectivity index (χ0) is 15.3. The highest BCUT2D eigenvalue weighted by Crippen LogP contribution is 2.46. The SMILES string of the molecule is Cc1cc(-c2n[nH]c3c2C(C2CCCCC2)N(C)C3=O)no1. The van der Waals surface area contributed by atoms with Crippen LogP contribution in [0, 0.1) is 12.8 Å². The van der Waals surface area contributed by atoms with Crippen LogP contribution in [0.5, 0.6) is 0 Å². The smallest absolute Gasteiger partial charge is 0.272 e. The van der Waals surface area contributed by atoms with Gasteiger partial charge in [0.05, 0.1) is 6.04 Å². The molecule has 2 aromatic heterocycles. The Bertz CT molecular complexity index is 712. The molecule has 1 fully saturated rings. The van der Waals surface area contributed by atoms with E-state index in [-0.39, 0.29) is 11.9 Å². The molecule has 1 unspecified atom stereocenters. The highest BCUT2D eigenvalue weighted by molar-refractivity contribution is 5.99. The van der Waals surface area contributed by atoms with Gasteiger partial charge in [0.15, 0.2) is 0 Å². The van der Waals surface area contributed by atoms with E-state index in [2.05, 4.69) is 15.4 Å². The average molecular weight is 300 g/mol. The Morgan fingerprint density at radius 1 is 1.32 bits per heavy atom. The van der Waals surface area contributed by atoms with Crippen molar-refractivity contribution in [2.24, 2.45) is 5.92 Å². The van der Waals surface area contributed by atoms with Gasteiger partial charge in [-0.2, -0.15) is 5.10 Å². The highest BCUT2D eigenvalue weighted by atomic mass is 16.5. The van der Waals surface area contributed by atoms with Crippen molar-refractivity contribution < 1.29 is 9.32 Å². The number of carbonyl (C=O) groups is 1. The maximum atomic E-state index is 12.5. The summed E-state index contributed by atoms with van der Waals surface area (Å²) in [5.41, 5.74) is 3.10. The van der Waals surface area contributed by atoms with Gasteiger partial charge in [-0.1, -0.05) is 24.4 Å². The Balaban J connectivity index is 1.80. The minimum atomic E-state index is 0.0320. The van der Waals surface area contributed by atoms with Crippen LogP contribution in [-0.4, -0.2) is 33.2 Å². The van der Waals surface area contributed by atoms with Crippen LogP contribution in [0.3, 0.4) is 0 Å².